The Morgan fingerprint density at radius 2 is 1.51 bits per heavy atom. The highest BCUT2D eigenvalue weighted by Gasteiger charge is 2.32. The molecule has 0 aliphatic carbocycles. The number of nitrogens with zero attached hydrogens (tertiary/aromatic N) is 2. The van der Waals surface area contributed by atoms with Gasteiger partial charge in [0.05, 0.1) is 20.6 Å². The van der Waals surface area contributed by atoms with Crippen molar-refractivity contribution in [3.8, 4) is 0 Å². The SMILES string of the molecule is CNC(=O)[C@@H](C)N(Cc1ccccc1)C(=O)CN(c1ccc(Cl)c(Cl)c1)S(=O)(=O)c1ccccc1. The van der Waals surface area contributed by atoms with E-state index in [1.807, 2.05) is 30.3 Å². The van der Waals surface area contributed by atoms with Crippen molar-refractivity contribution in [1.82, 2.24) is 10.2 Å². The molecule has 0 saturated heterocycles. The zero-order chi connectivity index (χ0) is 25.6. The molecule has 3 aromatic rings. The van der Waals surface area contributed by atoms with Crippen molar-refractivity contribution in [3.63, 3.8) is 0 Å². The van der Waals surface area contributed by atoms with Gasteiger partial charge < -0.3 is 10.2 Å². The Balaban J connectivity index is 2.04. The minimum absolute atomic E-state index is 0.00725. The summed E-state index contributed by atoms with van der Waals surface area (Å²) in [6.45, 7) is 1.16. The third kappa shape index (κ3) is 6.33. The molecule has 0 radical (unpaired) electrons. The summed E-state index contributed by atoms with van der Waals surface area (Å²) in [5.74, 6) is -0.934. The van der Waals surface area contributed by atoms with Crippen molar-refractivity contribution in [1.29, 1.82) is 0 Å². The largest absolute Gasteiger partial charge is 0.357 e. The van der Waals surface area contributed by atoms with Gasteiger partial charge in [0, 0.05) is 13.6 Å². The molecule has 0 aromatic heterocycles. The summed E-state index contributed by atoms with van der Waals surface area (Å²) in [7, 11) is -2.68. The zero-order valence-electron chi connectivity index (χ0n) is 19.2. The Morgan fingerprint density at radius 3 is 2.09 bits per heavy atom. The topological polar surface area (TPSA) is 86.8 Å². The fourth-order valence-electron chi connectivity index (χ4n) is 3.46. The van der Waals surface area contributed by atoms with Gasteiger partial charge in [0.15, 0.2) is 0 Å². The molecular formula is C25H25Cl2N3O4S. The van der Waals surface area contributed by atoms with Crippen molar-refractivity contribution >= 4 is 50.7 Å². The van der Waals surface area contributed by atoms with Crippen LogP contribution in [-0.2, 0) is 26.2 Å². The quantitative estimate of drug-likeness (QED) is 0.442. The van der Waals surface area contributed by atoms with Crippen LogP contribution in [0.3, 0.4) is 0 Å². The lowest BCUT2D eigenvalue weighted by Crippen LogP contribution is -2.50. The van der Waals surface area contributed by atoms with Gasteiger partial charge in [-0.3, -0.25) is 13.9 Å². The van der Waals surface area contributed by atoms with Gasteiger partial charge in [-0.25, -0.2) is 8.42 Å². The summed E-state index contributed by atoms with van der Waals surface area (Å²) >= 11 is 12.2. The number of anilines is 1. The van der Waals surface area contributed by atoms with Gasteiger partial charge in [-0.05, 0) is 42.8 Å². The van der Waals surface area contributed by atoms with E-state index in [1.165, 1.54) is 42.3 Å². The number of carbonyl (C=O) groups excluding carboxylic acids is 2. The van der Waals surface area contributed by atoms with E-state index >= 15 is 0 Å². The molecule has 0 bridgehead atoms. The number of sulfonamides is 1. The van der Waals surface area contributed by atoms with Crippen molar-refractivity contribution < 1.29 is 18.0 Å². The van der Waals surface area contributed by atoms with E-state index in [9.17, 15) is 18.0 Å². The Labute approximate surface area is 215 Å². The van der Waals surface area contributed by atoms with Gasteiger partial charge in [-0.1, -0.05) is 71.7 Å². The highest BCUT2D eigenvalue weighted by molar-refractivity contribution is 7.92. The van der Waals surface area contributed by atoms with Crippen molar-refractivity contribution in [3.05, 3.63) is 94.5 Å². The van der Waals surface area contributed by atoms with Crippen LogP contribution < -0.4 is 9.62 Å². The summed E-state index contributed by atoms with van der Waals surface area (Å²) in [5.41, 5.74) is 0.965. The molecule has 0 aliphatic heterocycles. The Hall–Kier alpha value is -3.07. The van der Waals surface area contributed by atoms with Crippen LogP contribution in [0.4, 0.5) is 5.69 Å². The van der Waals surface area contributed by atoms with Crippen molar-refractivity contribution in [2.24, 2.45) is 0 Å². The van der Waals surface area contributed by atoms with Gasteiger partial charge in [0.1, 0.15) is 12.6 Å². The molecule has 0 heterocycles. The summed E-state index contributed by atoms with van der Waals surface area (Å²) in [5, 5.41) is 2.94. The lowest BCUT2D eigenvalue weighted by atomic mass is 10.1. The molecule has 0 fully saturated rings. The van der Waals surface area contributed by atoms with E-state index in [0.717, 1.165) is 9.87 Å². The van der Waals surface area contributed by atoms with Crippen molar-refractivity contribution in [2.75, 3.05) is 17.9 Å². The minimum Gasteiger partial charge on any atom is -0.357 e. The monoisotopic (exact) mass is 533 g/mol. The second-order valence-corrected chi connectivity index (χ2v) is 10.4. The number of hydrogen-bond acceptors (Lipinski definition) is 4. The first-order chi connectivity index (χ1) is 16.6. The molecule has 1 atom stereocenters. The van der Waals surface area contributed by atoms with E-state index in [2.05, 4.69) is 5.32 Å². The fraction of sp³-hybridized carbons (Fsp3) is 0.200. The van der Waals surface area contributed by atoms with Crippen LogP contribution in [0.25, 0.3) is 0 Å². The molecule has 3 aromatic carbocycles. The highest BCUT2D eigenvalue weighted by Crippen LogP contribution is 2.30. The molecule has 0 aliphatic rings. The number of halogens is 2. The second kappa shape index (κ2) is 11.6. The fourth-order valence-corrected chi connectivity index (χ4v) is 5.18. The average Bonchev–Trinajstić information content (AvgIpc) is 2.87. The van der Waals surface area contributed by atoms with Gasteiger partial charge >= 0.3 is 0 Å². The molecule has 0 unspecified atom stereocenters. The lowest BCUT2D eigenvalue weighted by molar-refractivity contribution is -0.139. The Morgan fingerprint density at radius 1 is 0.914 bits per heavy atom. The summed E-state index contributed by atoms with van der Waals surface area (Å²) < 4.78 is 28.2. The van der Waals surface area contributed by atoms with E-state index in [-0.39, 0.29) is 33.1 Å². The second-order valence-electron chi connectivity index (χ2n) is 7.72. The molecule has 0 spiro atoms. The lowest BCUT2D eigenvalue weighted by Gasteiger charge is -2.31. The predicted molar refractivity (Wildman–Crippen MR) is 138 cm³/mol. The van der Waals surface area contributed by atoms with Crippen LogP contribution in [0.5, 0.6) is 0 Å². The zero-order valence-corrected chi connectivity index (χ0v) is 21.5. The molecule has 35 heavy (non-hydrogen) atoms. The minimum atomic E-state index is -4.15. The number of nitrogens with one attached hydrogen (secondary N) is 1. The summed E-state index contributed by atoms with van der Waals surface area (Å²) in [6, 6.07) is 20.4. The third-order valence-corrected chi connectivity index (χ3v) is 7.94. The van der Waals surface area contributed by atoms with E-state index in [1.54, 1.807) is 25.1 Å². The smallest absolute Gasteiger partial charge is 0.264 e. The van der Waals surface area contributed by atoms with Gasteiger partial charge in [-0.15, -0.1) is 0 Å². The van der Waals surface area contributed by atoms with Crippen LogP contribution in [0.1, 0.15) is 12.5 Å². The maximum absolute atomic E-state index is 13.6. The van der Waals surface area contributed by atoms with Crippen molar-refractivity contribution in [2.45, 2.75) is 24.4 Å². The molecule has 1 N–H and O–H groups in total. The maximum atomic E-state index is 13.6. The first kappa shape index (κ1) is 26.5. The normalized spacial score (nSPS) is 12.0. The van der Waals surface area contributed by atoms with Gasteiger partial charge in [0.2, 0.25) is 11.8 Å². The molecule has 2 amide bonds. The van der Waals surface area contributed by atoms with Gasteiger partial charge in [-0.2, -0.15) is 0 Å². The van der Waals surface area contributed by atoms with Gasteiger partial charge in [0.25, 0.3) is 10.0 Å². The highest BCUT2D eigenvalue weighted by atomic mass is 35.5. The first-order valence-electron chi connectivity index (χ1n) is 10.7. The number of carbonyl (C=O) groups is 2. The van der Waals surface area contributed by atoms with Crippen LogP contribution in [-0.4, -0.2) is 44.8 Å². The third-order valence-electron chi connectivity index (χ3n) is 5.41. The maximum Gasteiger partial charge on any atom is 0.264 e. The Kier molecular flexibility index (Phi) is 8.77. The first-order valence-corrected chi connectivity index (χ1v) is 12.9. The summed E-state index contributed by atoms with van der Waals surface area (Å²) in [4.78, 5) is 27.4. The molecule has 184 valence electrons. The summed E-state index contributed by atoms with van der Waals surface area (Å²) in [6.07, 6.45) is 0. The van der Waals surface area contributed by atoms with E-state index in [4.69, 9.17) is 23.2 Å². The number of benzene rings is 3. The van der Waals surface area contributed by atoms with Crippen LogP contribution in [0.2, 0.25) is 10.0 Å². The standard InChI is InChI=1S/C25H25Cl2N3O4S/c1-18(25(32)28-2)29(16-19-9-5-3-6-10-19)24(31)17-30(20-13-14-22(26)23(27)15-20)35(33,34)21-11-7-4-8-12-21/h3-15,18H,16-17H2,1-2H3,(H,28,32)/t18-/m1/s1. The van der Waals surface area contributed by atoms with E-state index in [0.29, 0.717) is 0 Å². The Bertz CT molecular complexity index is 1290. The van der Waals surface area contributed by atoms with Crippen LogP contribution in [0, 0.1) is 0 Å². The predicted octanol–water partition coefficient (Wildman–Crippen LogP) is 4.35. The molecular weight excluding hydrogens is 509 g/mol. The molecule has 3 rings (SSSR count). The number of amides is 2. The number of likely N-dealkylation sites (N-methyl/N-ethyl adjacent to an activating group) is 1. The van der Waals surface area contributed by atoms with E-state index < -0.39 is 28.5 Å². The molecule has 7 nitrogen and oxygen atoms in total. The number of hydrogen-bond donors (Lipinski definition) is 1. The molecule has 0 saturated carbocycles. The van der Waals surface area contributed by atoms with Crippen LogP contribution >= 0.6 is 23.2 Å². The van der Waals surface area contributed by atoms with Crippen LogP contribution in [0.15, 0.2) is 83.8 Å². The average molecular weight is 534 g/mol. The molecule has 10 heteroatoms. The number of rotatable bonds is 9.